The Morgan fingerprint density at radius 3 is 0.750 bits per heavy atom. The molecule has 0 heterocycles. The van der Waals surface area contributed by atoms with E-state index in [1.807, 2.05) is 0 Å². The van der Waals surface area contributed by atoms with Crippen molar-refractivity contribution in [3.8, 4) is 0 Å². The molecule has 0 fully saturated rings. The summed E-state index contributed by atoms with van der Waals surface area (Å²) < 4.78 is 0. The van der Waals surface area contributed by atoms with Crippen LogP contribution in [0, 0.1) is 0 Å². The molecule has 0 aliphatic carbocycles. The average molecular weight is 267 g/mol. The summed E-state index contributed by atoms with van der Waals surface area (Å²) in [6, 6.07) is 0. The van der Waals surface area contributed by atoms with E-state index in [2.05, 4.69) is 0 Å². The van der Waals surface area contributed by atoms with Crippen molar-refractivity contribution in [1.29, 1.82) is 0 Å². The van der Waals surface area contributed by atoms with Gasteiger partial charge in [0.15, 0.2) is 0 Å². The molecule has 0 aliphatic rings. The maximum atomic E-state index is 0. The molecule has 0 unspecified atom stereocenters. The van der Waals surface area contributed by atoms with Crippen molar-refractivity contribution in [3.63, 3.8) is 0 Å². The molecule has 0 aromatic heterocycles. The second-order valence-corrected chi connectivity index (χ2v) is 0. The van der Waals surface area contributed by atoms with Gasteiger partial charge >= 0.3 is 0 Å². The molecule has 0 atom stereocenters. The molecule has 0 amide bonds. The van der Waals surface area contributed by atoms with Gasteiger partial charge in [0.25, 0.3) is 0 Å². The predicted octanol–water partition coefficient (Wildman–Crippen LogP) is 0.927. The second kappa shape index (κ2) is 17.3. The van der Waals surface area contributed by atoms with E-state index in [4.69, 9.17) is 0 Å². The predicted molar refractivity (Wildman–Crippen MR) is 28.9 cm³/mol. The molecule has 4 heteroatoms. The maximum absolute atomic E-state index is 0. The van der Waals surface area contributed by atoms with E-state index < -0.39 is 0 Å². The summed E-state index contributed by atoms with van der Waals surface area (Å²) in [6.07, 6.45) is 0. The summed E-state index contributed by atoms with van der Waals surface area (Å²) in [5.74, 6) is 0. The van der Waals surface area contributed by atoms with Gasteiger partial charge in [-0.25, -0.2) is 0 Å². The summed E-state index contributed by atoms with van der Waals surface area (Å²) >= 11 is 0. The molecular formula is H3Br2FRb. The molecular weight excluding hydrogens is 264 g/mol. The Kier molecular flexibility index (Phi) is 129. The molecule has 0 aromatic carbocycles. The minimum Gasteiger partial charge on any atom is -0.269 e. The second-order valence-electron chi connectivity index (χ2n) is 0. The Bertz CT molecular complexity index is 6.00. The minimum absolute atomic E-state index is 0. The van der Waals surface area contributed by atoms with Crippen molar-refractivity contribution < 1.29 is 4.70 Å². The topological polar surface area (TPSA) is 0 Å². The van der Waals surface area contributed by atoms with Crippen LogP contribution in [-0.4, -0.2) is 58.2 Å². The van der Waals surface area contributed by atoms with Crippen molar-refractivity contribution in [2.45, 2.75) is 0 Å². The Hall–Kier alpha value is 2.70. The monoisotopic (exact) mass is 265 g/mol. The molecule has 0 aliphatic heterocycles. The normalized spacial score (nSPS) is 0. The smallest absolute Gasteiger partial charge is 0 e. The molecule has 0 saturated carbocycles. The summed E-state index contributed by atoms with van der Waals surface area (Å²) in [4.78, 5) is 0. The van der Waals surface area contributed by atoms with Crippen molar-refractivity contribution in [2.24, 2.45) is 0 Å². The Morgan fingerprint density at radius 1 is 0.750 bits per heavy atom. The Balaban J connectivity index is 0. The molecule has 0 aromatic rings. The molecule has 0 spiro atoms. The van der Waals surface area contributed by atoms with Crippen LogP contribution in [0.15, 0.2) is 0 Å². The molecule has 1 radical (unpaired) electrons. The SMILES string of the molecule is Br.Br.F.[Rb]. The third kappa shape index (κ3) is 8.83. The molecule has 0 nitrogen and oxygen atoms in total. The summed E-state index contributed by atoms with van der Waals surface area (Å²) in [7, 11) is 0. The van der Waals surface area contributed by atoms with E-state index in [1.54, 1.807) is 0 Å². The van der Waals surface area contributed by atoms with E-state index >= 15 is 0 Å². The zero-order valence-electron chi connectivity index (χ0n) is 2.22. The van der Waals surface area contributed by atoms with Gasteiger partial charge in [-0.3, -0.25) is 4.70 Å². The molecule has 0 saturated heterocycles. The van der Waals surface area contributed by atoms with Crippen LogP contribution in [0.25, 0.3) is 0 Å². The first-order valence-electron chi connectivity index (χ1n) is 0. The van der Waals surface area contributed by atoms with Crippen LogP contribution in [0.4, 0.5) is 4.70 Å². The van der Waals surface area contributed by atoms with Crippen LogP contribution >= 0.6 is 34.0 Å². The fraction of sp³-hybridized carbons (Fsp3) is 0. The quantitative estimate of drug-likeness (QED) is 0.612. The van der Waals surface area contributed by atoms with E-state index in [0.29, 0.717) is 0 Å². The number of rotatable bonds is 0. The van der Waals surface area contributed by atoms with Gasteiger partial charge in [0, 0.05) is 58.2 Å². The Labute approximate surface area is 94.4 Å². The number of halogens is 3. The van der Waals surface area contributed by atoms with Crippen molar-refractivity contribution >= 4 is 92.2 Å². The van der Waals surface area contributed by atoms with Crippen LogP contribution in [0.2, 0.25) is 0 Å². The largest absolute Gasteiger partial charge is 0.269 e. The van der Waals surface area contributed by atoms with Crippen LogP contribution in [0.5, 0.6) is 0 Å². The third-order valence-electron chi connectivity index (χ3n) is 0. The molecule has 4 heavy (non-hydrogen) atoms. The Morgan fingerprint density at radius 2 is 0.750 bits per heavy atom. The van der Waals surface area contributed by atoms with Crippen LogP contribution in [0.3, 0.4) is 0 Å². The van der Waals surface area contributed by atoms with Gasteiger partial charge in [0.2, 0.25) is 0 Å². The molecule has 0 bridgehead atoms. The van der Waals surface area contributed by atoms with E-state index in [-0.39, 0.29) is 96.9 Å². The standard InChI is InChI=1S/2BrH.FH.Rb/h3*1H;. The van der Waals surface area contributed by atoms with Crippen molar-refractivity contribution in [1.82, 2.24) is 0 Å². The van der Waals surface area contributed by atoms with Gasteiger partial charge in [-0.15, -0.1) is 34.0 Å². The first-order valence-corrected chi connectivity index (χ1v) is 0. The zero-order valence-corrected chi connectivity index (χ0v) is 10.6. The first-order chi connectivity index (χ1) is 0. The van der Waals surface area contributed by atoms with E-state index in [9.17, 15) is 0 Å². The number of hydrogen-bond acceptors (Lipinski definition) is 0. The van der Waals surface area contributed by atoms with Crippen molar-refractivity contribution in [2.75, 3.05) is 0 Å². The minimum atomic E-state index is 0. The summed E-state index contributed by atoms with van der Waals surface area (Å²) in [6.45, 7) is 0. The van der Waals surface area contributed by atoms with Crippen LogP contribution < -0.4 is 0 Å². The van der Waals surface area contributed by atoms with Crippen LogP contribution in [0.1, 0.15) is 0 Å². The van der Waals surface area contributed by atoms with E-state index in [0.717, 1.165) is 0 Å². The summed E-state index contributed by atoms with van der Waals surface area (Å²) in [5, 5.41) is 0. The first kappa shape index (κ1) is 29.9. The van der Waals surface area contributed by atoms with Gasteiger partial charge in [-0.05, 0) is 0 Å². The fourth-order valence-electron chi connectivity index (χ4n) is 0. The van der Waals surface area contributed by atoms with Gasteiger partial charge in [0.05, 0.1) is 0 Å². The average Bonchev–Trinajstić information content (AvgIpc) is 0. The van der Waals surface area contributed by atoms with Gasteiger partial charge in [-0.2, -0.15) is 0 Å². The molecule has 25 valence electrons. The van der Waals surface area contributed by atoms with Gasteiger partial charge in [0.1, 0.15) is 0 Å². The van der Waals surface area contributed by atoms with E-state index in [1.165, 1.54) is 0 Å². The van der Waals surface area contributed by atoms with Gasteiger partial charge < -0.3 is 0 Å². The molecule has 0 rings (SSSR count). The zero-order chi connectivity index (χ0) is 0. The van der Waals surface area contributed by atoms with Gasteiger partial charge in [-0.1, -0.05) is 0 Å². The van der Waals surface area contributed by atoms with Crippen molar-refractivity contribution in [3.05, 3.63) is 0 Å². The fourth-order valence-corrected chi connectivity index (χ4v) is 0. The summed E-state index contributed by atoms with van der Waals surface area (Å²) in [5.41, 5.74) is 0. The number of hydrogen-bond donors (Lipinski definition) is 0. The van der Waals surface area contributed by atoms with Crippen LogP contribution in [-0.2, 0) is 0 Å². The molecule has 0 N–H and O–H groups in total. The third-order valence-corrected chi connectivity index (χ3v) is 0. The maximum Gasteiger partial charge on any atom is 0 e.